The maximum absolute atomic E-state index is 13.0. The highest BCUT2D eigenvalue weighted by Crippen LogP contribution is 2.34. The summed E-state index contributed by atoms with van der Waals surface area (Å²) < 4.78 is 6.38. The van der Waals surface area contributed by atoms with Gasteiger partial charge in [-0.15, -0.1) is 0 Å². The van der Waals surface area contributed by atoms with E-state index in [2.05, 4.69) is 24.2 Å². The Kier molecular flexibility index (Phi) is 16.0. The van der Waals surface area contributed by atoms with Gasteiger partial charge in [0.1, 0.15) is 17.7 Å². The van der Waals surface area contributed by atoms with Crippen LogP contribution in [-0.4, -0.2) is 35.2 Å². The average molecular weight is 638 g/mol. The van der Waals surface area contributed by atoms with E-state index in [1.165, 1.54) is 101 Å². The summed E-state index contributed by atoms with van der Waals surface area (Å²) in [5, 5.41) is 6.38. The fourth-order valence-corrected chi connectivity index (χ4v) is 6.50. The van der Waals surface area contributed by atoms with Crippen LogP contribution in [0.2, 0.25) is 5.02 Å². The second-order valence-electron chi connectivity index (χ2n) is 12.7. The molecule has 45 heavy (non-hydrogen) atoms. The van der Waals surface area contributed by atoms with Crippen LogP contribution in [0.1, 0.15) is 134 Å². The lowest BCUT2D eigenvalue weighted by atomic mass is 10.0. The van der Waals surface area contributed by atoms with Crippen LogP contribution in [0, 0.1) is 13.8 Å². The number of anilines is 1. The number of halogens is 1. The Hall–Kier alpha value is -2.86. The molecule has 0 N–H and O–H groups in total. The van der Waals surface area contributed by atoms with Gasteiger partial charge in [-0.1, -0.05) is 121 Å². The highest BCUT2D eigenvalue weighted by atomic mass is 35.5. The number of carbonyl (C=O) groups excluding carboxylic acids is 2. The molecule has 0 aromatic heterocycles. The zero-order valence-corrected chi connectivity index (χ0v) is 29.3. The molecule has 0 aliphatic carbocycles. The maximum atomic E-state index is 13.0. The molecular formula is C38H56ClN3O3. The number of hydrogen-bond acceptors (Lipinski definition) is 4. The number of amidine groups is 1. The Labute approximate surface area is 277 Å². The molecule has 0 saturated heterocycles. The smallest absolute Gasteiger partial charge is 0.255 e. The first-order chi connectivity index (χ1) is 21.7. The molecule has 1 atom stereocenters. The van der Waals surface area contributed by atoms with E-state index in [9.17, 15) is 9.59 Å². The van der Waals surface area contributed by atoms with Crippen LogP contribution in [0.15, 0.2) is 41.5 Å². The minimum absolute atomic E-state index is 0.0360. The minimum atomic E-state index is -0.239. The number of ether oxygens (including phenoxy) is 1. The van der Waals surface area contributed by atoms with E-state index in [1.54, 1.807) is 4.90 Å². The lowest BCUT2D eigenvalue weighted by Gasteiger charge is -2.26. The van der Waals surface area contributed by atoms with E-state index in [-0.39, 0.29) is 24.3 Å². The number of aryl methyl sites for hydroxylation is 3. The van der Waals surface area contributed by atoms with Crippen LogP contribution in [0.5, 0.6) is 5.75 Å². The van der Waals surface area contributed by atoms with Crippen molar-refractivity contribution >= 4 is 34.9 Å². The molecule has 1 unspecified atom stereocenters. The second-order valence-corrected chi connectivity index (χ2v) is 13.1. The van der Waals surface area contributed by atoms with Gasteiger partial charge in [0.05, 0.1) is 23.7 Å². The maximum Gasteiger partial charge on any atom is 0.255 e. The van der Waals surface area contributed by atoms with E-state index < -0.39 is 0 Å². The number of amides is 2. The van der Waals surface area contributed by atoms with Crippen LogP contribution in [0.4, 0.5) is 5.69 Å². The molecule has 7 heteroatoms. The van der Waals surface area contributed by atoms with Gasteiger partial charge in [0.15, 0.2) is 0 Å². The van der Waals surface area contributed by atoms with Gasteiger partial charge < -0.3 is 4.74 Å². The molecule has 0 fully saturated rings. The molecule has 2 aromatic rings. The van der Waals surface area contributed by atoms with E-state index in [0.29, 0.717) is 29.5 Å². The lowest BCUT2D eigenvalue weighted by molar-refractivity contribution is -0.126. The number of unbranched alkanes of at least 4 members (excludes halogenated alkanes) is 12. The van der Waals surface area contributed by atoms with Crippen LogP contribution < -0.4 is 9.75 Å². The fourth-order valence-electron chi connectivity index (χ4n) is 6.10. The van der Waals surface area contributed by atoms with Gasteiger partial charge in [0.25, 0.3) is 5.91 Å². The monoisotopic (exact) mass is 637 g/mol. The van der Waals surface area contributed by atoms with Gasteiger partial charge in [-0.05, 0) is 68.0 Å². The average Bonchev–Trinajstić information content (AvgIpc) is 3.37. The van der Waals surface area contributed by atoms with Crippen molar-refractivity contribution in [2.24, 2.45) is 5.10 Å². The third-order valence-electron chi connectivity index (χ3n) is 8.67. The van der Waals surface area contributed by atoms with Crippen molar-refractivity contribution in [2.75, 3.05) is 11.6 Å². The van der Waals surface area contributed by atoms with E-state index >= 15 is 0 Å². The summed E-state index contributed by atoms with van der Waals surface area (Å²) in [5.41, 5.74) is 3.72. The van der Waals surface area contributed by atoms with Gasteiger partial charge in [0.2, 0.25) is 5.91 Å². The molecule has 6 nitrogen and oxygen atoms in total. The topological polar surface area (TPSA) is 62.2 Å². The standard InChI is InChI=1S/C38H56ClN3O3/c1-6-8-9-10-11-12-13-14-15-16-17-18-19-21-32-22-20-23-34(26-32)45-33(7-2)28-41(31(5)43)36-27-37(44)42(40-36)38-30(4)24-29(3)25-35(38)39/h20,22-26,33H,6-19,21,27-28H2,1-5H3. The Morgan fingerprint density at radius 1 is 0.933 bits per heavy atom. The van der Waals surface area contributed by atoms with E-state index in [0.717, 1.165) is 23.3 Å². The van der Waals surface area contributed by atoms with Crippen LogP contribution >= 0.6 is 11.6 Å². The number of carbonyl (C=O) groups is 2. The van der Waals surface area contributed by atoms with Crippen molar-refractivity contribution in [3.05, 3.63) is 58.1 Å². The quantitative estimate of drug-likeness (QED) is 0.136. The Morgan fingerprint density at radius 3 is 2.13 bits per heavy atom. The largest absolute Gasteiger partial charge is 0.489 e. The van der Waals surface area contributed by atoms with Crippen molar-refractivity contribution in [2.45, 2.75) is 143 Å². The molecule has 1 heterocycles. The van der Waals surface area contributed by atoms with Crippen LogP contribution in [0.25, 0.3) is 0 Å². The lowest BCUT2D eigenvalue weighted by Crippen LogP contribution is -2.42. The van der Waals surface area contributed by atoms with E-state index in [4.69, 9.17) is 16.3 Å². The second kappa shape index (κ2) is 19.6. The summed E-state index contributed by atoms with van der Waals surface area (Å²) in [4.78, 5) is 27.3. The Morgan fingerprint density at radius 2 is 1.56 bits per heavy atom. The van der Waals surface area contributed by atoms with Gasteiger partial charge in [-0.2, -0.15) is 10.1 Å². The molecule has 0 radical (unpaired) electrons. The third kappa shape index (κ3) is 12.1. The third-order valence-corrected chi connectivity index (χ3v) is 8.96. The minimum Gasteiger partial charge on any atom is -0.489 e. The highest BCUT2D eigenvalue weighted by molar-refractivity contribution is 6.34. The molecule has 1 aliphatic rings. The van der Waals surface area contributed by atoms with E-state index in [1.807, 2.05) is 45.0 Å². The first-order valence-corrected chi connectivity index (χ1v) is 17.8. The Bertz CT molecular complexity index is 1240. The molecule has 3 rings (SSSR count). The summed E-state index contributed by atoms with van der Waals surface area (Å²) >= 11 is 6.51. The molecule has 0 spiro atoms. The highest BCUT2D eigenvalue weighted by Gasteiger charge is 2.33. The fraction of sp³-hybridized carbons (Fsp3) is 0.605. The molecule has 0 bridgehead atoms. The summed E-state index contributed by atoms with van der Waals surface area (Å²) in [5.74, 6) is 0.848. The summed E-state index contributed by atoms with van der Waals surface area (Å²) in [6, 6.07) is 12.1. The zero-order chi connectivity index (χ0) is 32.6. The Balaban J connectivity index is 1.46. The number of hydrazone groups is 1. The van der Waals surface area contributed by atoms with Gasteiger partial charge >= 0.3 is 0 Å². The number of hydrogen-bond donors (Lipinski definition) is 0. The van der Waals surface area contributed by atoms with Crippen molar-refractivity contribution in [3.8, 4) is 5.75 Å². The summed E-state index contributed by atoms with van der Waals surface area (Å²) in [7, 11) is 0. The zero-order valence-electron chi connectivity index (χ0n) is 28.5. The van der Waals surface area contributed by atoms with Crippen LogP contribution in [-0.2, 0) is 16.0 Å². The van der Waals surface area contributed by atoms with Gasteiger partial charge in [0, 0.05) is 6.92 Å². The van der Waals surface area contributed by atoms with Gasteiger partial charge in [-0.25, -0.2) is 0 Å². The molecule has 1 aliphatic heterocycles. The predicted molar refractivity (Wildman–Crippen MR) is 188 cm³/mol. The number of rotatable bonds is 20. The van der Waals surface area contributed by atoms with Crippen molar-refractivity contribution in [1.29, 1.82) is 0 Å². The number of benzene rings is 2. The predicted octanol–water partition coefficient (Wildman–Crippen LogP) is 10.3. The van der Waals surface area contributed by atoms with Crippen molar-refractivity contribution < 1.29 is 14.3 Å². The SMILES string of the molecule is CCCCCCCCCCCCCCCc1cccc(OC(CC)CN(C(C)=O)C2=NN(c3c(C)cc(C)cc3Cl)C(=O)C2)c1. The molecule has 2 aromatic carbocycles. The molecule has 248 valence electrons. The van der Waals surface area contributed by atoms with Gasteiger partial charge in [-0.3, -0.25) is 14.5 Å². The molecule has 2 amide bonds. The van der Waals surface area contributed by atoms with Crippen molar-refractivity contribution in [3.63, 3.8) is 0 Å². The molecule has 0 saturated carbocycles. The van der Waals surface area contributed by atoms with Crippen molar-refractivity contribution in [1.82, 2.24) is 4.90 Å². The first-order valence-electron chi connectivity index (χ1n) is 17.4. The normalized spacial score (nSPS) is 13.7. The number of nitrogens with zero attached hydrogens (tertiary/aromatic N) is 3. The summed E-state index contributed by atoms with van der Waals surface area (Å²) in [6.45, 7) is 10.0. The molecular weight excluding hydrogens is 582 g/mol. The van der Waals surface area contributed by atoms with Crippen LogP contribution in [0.3, 0.4) is 0 Å². The first kappa shape index (κ1) is 36.6. The summed E-state index contributed by atoms with van der Waals surface area (Å²) in [6.07, 6.45) is 19.2.